The summed E-state index contributed by atoms with van der Waals surface area (Å²) in [6, 6.07) is 14.0. The van der Waals surface area contributed by atoms with Gasteiger partial charge in [0.2, 0.25) is 5.88 Å². The fraction of sp³-hybridized carbons (Fsp3) is 0.455. The molecule has 7 heteroatoms. The Kier molecular flexibility index (Phi) is 10.0. The van der Waals surface area contributed by atoms with E-state index in [0.717, 1.165) is 49.6 Å². The highest BCUT2D eigenvalue weighted by Crippen LogP contribution is 2.18. The number of nitrogens with zero attached hydrogens (tertiary/aromatic N) is 3. The van der Waals surface area contributed by atoms with Crippen LogP contribution in [-0.2, 0) is 6.54 Å². The van der Waals surface area contributed by atoms with E-state index in [-0.39, 0.29) is 30.1 Å². The summed E-state index contributed by atoms with van der Waals surface area (Å²) in [7, 11) is 1.83. The molecule has 1 N–H and O–H groups in total. The quantitative estimate of drug-likeness (QED) is 0.345. The van der Waals surface area contributed by atoms with Gasteiger partial charge in [-0.3, -0.25) is 4.99 Å². The summed E-state index contributed by atoms with van der Waals surface area (Å²) in [5, 5.41) is 3.44. The van der Waals surface area contributed by atoms with Crippen LogP contribution in [0.2, 0.25) is 0 Å². The maximum absolute atomic E-state index is 6.08. The largest absolute Gasteiger partial charge is 0.490 e. The predicted octanol–water partition coefficient (Wildman–Crippen LogP) is 4.11. The molecule has 0 radical (unpaired) electrons. The van der Waals surface area contributed by atoms with Gasteiger partial charge in [0.1, 0.15) is 11.9 Å². The maximum atomic E-state index is 6.08. The van der Waals surface area contributed by atoms with Crippen molar-refractivity contribution in [3.63, 3.8) is 0 Å². The normalized spacial score (nSPS) is 14.8. The Morgan fingerprint density at radius 2 is 1.93 bits per heavy atom. The number of halogens is 1. The number of para-hydroxylation sites is 1. The van der Waals surface area contributed by atoms with Gasteiger partial charge in [-0.25, -0.2) is 4.98 Å². The number of piperidine rings is 1. The maximum Gasteiger partial charge on any atom is 0.213 e. The number of hydrogen-bond donors (Lipinski definition) is 1. The third-order valence-corrected chi connectivity index (χ3v) is 4.70. The van der Waals surface area contributed by atoms with Crippen molar-refractivity contribution >= 4 is 29.9 Å². The number of pyridine rings is 1. The molecule has 0 spiro atoms. The van der Waals surface area contributed by atoms with Gasteiger partial charge in [0.15, 0.2) is 5.96 Å². The lowest BCUT2D eigenvalue weighted by atomic mass is 10.1. The second-order valence-corrected chi connectivity index (χ2v) is 6.87. The Morgan fingerprint density at radius 3 is 2.55 bits per heavy atom. The smallest absolute Gasteiger partial charge is 0.213 e. The molecule has 0 bridgehead atoms. The number of aliphatic imine (C=N–C) groups is 1. The summed E-state index contributed by atoms with van der Waals surface area (Å²) in [6.07, 6.45) is 5.07. The van der Waals surface area contributed by atoms with E-state index in [1.807, 2.05) is 55.7 Å². The van der Waals surface area contributed by atoms with Gasteiger partial charge in [0, 0.05) is 51.8 Å². The van der Waals surface area contributed by atoms with E-state index in [9.17, 15) is 0 Å². The van der Waals surface area contributed by atoms with Gasteiger partial charge in [0.25, 0.3) is 0 Å². The highest BCUT2D eigenvalue weighted by molar-refractivity contribution is 14.0. The minimum atomic E-state index is 0. The summed E-state index contributed by atoms with van der Waals surface area (Å²) >= 11 is 0. The van der Waals surface area contributed by atoms with Crippen molar-refractivity contribution in [2.24, 2.45) is 4.99 Å². The molecule has 158 valence electrons. The van der Waals surface area contributed by atoms with Crippen molar-refractivity contribution in [1.29, 1.82) is 0 Å². The number of ether oxygens (including phenoxy) is 2. The number of benzene rings is 1. The molecule has 0 saturated carbocycles. The zero-order chi connectivity index (χ0) is 19.6. The zero-order valence-corrected chi connectivity index (χ0v) is 19.5. The molecule has 3 rings (SSSR count). The average molecular weight is 510 g/mol. The molecule has 2 heterocycles. The monoisotopic (exact) mass is 510 g/mol. The Labute approximate surface area is 190 Å². The number of guanidine groups is 1. The first-order valence-electron chi connectivity index (χ1n) is 10.0. The van der Waals surface area contributed by atoms with Crippen LogP contribution in [0.3, 0.4) is 0 Å². The molecule has 1 aromatic heterocycles. The molecule has 1 aliphatic heterocycles. The molecule has 1 saturated heterocycles. The topological polar surface area (TPSA) is 59.0 Å². The van der Waals surface area contributed by atoms with Gasteiger partial charge in [-0.05, 0) is 24.1 Å². The molecule has 1 aliphatic rings. The van der Waals surface area contributed by atoms with Gasteiger partial charge in [-0.1, -0.05) is 31.2 Å². The van der Waals surface area contributed by atoms with Gasteiger partial charge < -0.3 is 19.7 Å². The summed E-state index contributed by atoms with van der Waals surface area (Å²) in [5.74, 6) is 2.54. The van der Waals surface area contributed by atoms with Crippen molar-refractivity contribution in [3.05, 3.63) is 54.2 Å². The first-order valence-corrected chi connectivity index (χ1v) is 10.0. The van der Waals surface area contributed by atoms with Crippen molar-refractivity contribution in [3.8, 4) is 11.6 Å². The molecular formula is C22H31IN4O2. The number of rotatable bonds is 7. The van der Waals surface area contributed by atoms with Crippen molar-refractivity contribution in [1.82, 2.24) is 15.2 Å². The summed E-state index contributed by atoms with van der Waals surface area (Å²) in [6.45, 7) is 5.33. The molecule has 0 atom stereocenters. The van der Waals surface area contributed by atoms with Crippen LogP contribution in [0.1, 0.15) is 31.7 Å². The van der Waals surface area contributed by atoms with Crippen molar-refractivity contribution in [2.45, 2.75) is 38.8 Å². The van der Waals surface area contributed by atoms with Crippen LogP contribution in [0.15, 0.2) is 53.7 Å². The standard InChI is InChI=1S/C22H30N4O2.HI/c1-3-15-27-21-10-9-18(16-24-21)17-25-22(23-2)26-13-11-20(12-14-26)28-19-7-5-4-6-8-19;/h4-10,16,20H,3,11-15,17H2,1-2H3,(H,23,25);1H. The summed E-state index contributed by atoms with van der Waals surface area (Å²) in [4.78, 5) is 11.1. The summed E-state index contributed by atoms with van der Waals surface area (Å²) in [5.41, 5.74) is 1.10. The van der Waals surface area contributed by atoms with Crippen LogP contribution in [0.4, 0.5) is 0 Å². The molecule has 1 aromatic carbocycles. The molecule has 1 fully saturated rings. The molecule has 0 unspecified atom stereocenters. The van der Waals surface area contributed by atoms with Crippen molar-refractivity contribution in [2.75, 3.05) is 26.7 Å². The molecule has 2 aromatic rings. The van der Waals surface area contributed by atoms with E-state index in [1.165, 1.54) is 0 Å². The van der Waals surface area contributed by atoms with Crippen molar-refractivity contribution < 1.29 is 9.47 Å². The lowest BCUT2D eigenvalue weighted by Gasteiger charge is -2.34. The Balaban J connectivity index is 0.00000300. The van der Waals surface area contributed by atoms with E-state index < -0.39 is 0 Å². The van der Waals surface area contributed by atoms with Crippen LogP contribution in [0, 0.1) is 0 Å². The molecule has 6 nitrogen and oxygen atoms in total. The van der Waals surface area contributed by atoms with E-state index in [4.69, 9.17) is 9.47 Å². The minimum Gasteiger partial charge on any atom is -0.490 e. The van der Waals surface area contributed by atoms with Crippen LogP contribution in [-0.4, -0.2) is 48.7 Å². The second-order valence-electron chi connectivity index (χ2n) is 6.87. The Hall–Kier alpha value is -2.03. The predicted molar refractivity (Wildman–Crippen MR) is 127 cm³/mol. The molecule has 29 heavy (non-hydrogen) atoms. The number of nitrogens with one attached hydrogen (secondary N) is 1. The lowest BCUT2D eigenvalue weighted by Crippen LogP contribution is -2.47. The zero-order valence-electron chi connectivity index (χ0n) is 17.2. The highest BCUT2D eigenvalue weighted by Gasteiger charge is 2.22. The van der Waals surface area contributed by atoms with Crippen LogP contribution >= 0.6 is 24.0 Å². The first kappa shape index (κ1) is 23.3. The molecule has 0 aliphatic carbocycles. The van der Waals surface area contributed by atoms with E-state index >= 15 is 0 Å². The second kappa shape index (κ2) is 12.5. The van der Waals surface area contributed by atoms with Gasteiger partial charge >= 0.3 is 0 Å². The van der Waals surface area contributed by atoms with Crippen LogP contribution in [0.5, 0.6) is 11.6 Å². The van der Waals surface area contributed by atoms with Gasteiger partial charge in [-0.2, -0.15) is 0 Å². The van der Waals surface area contributed by atoms with Gasteiger partial charge in [0.05, 0.1) is 6.61 Å². The lowest BCUT2D eigenvalue weighted by molar-refractivity contribution is 0.129. The first-order chi connectivity index (χ1) is 13.8. The van der Waals surface area contributed by atoms with E-state index in [2.05, 4.69) is 27.1 Å². The molecule has 0 amide bonds. The Morgan fingerprint density at radius 1 is 1.17 bits per heavy atom. The third-order valence-electron chi connectivity index (χ3n) is 4.70. The minimum absolute atomic E-state index is 0. The fourth-order valence-corrected chi connectivity index (χ4v) is 3.20. The SMILES string of the molecule is CCCOc1ccc(CNC(=NC)N2CCC(Oc3ccccc3)CC2)cn1.I. The van der Waals surface area contributed by atoms with E-state index in [1.54, 1.807) is 0 Å². The third kappa shape index (κ3) is 7.38. The van der Waals surface area contributed by atoms with Crippen LogP contribution in [0.25, 0.3) is 0 Å². The number of likely N-dealkylation sites (tertiary alicyclic amines) is 1. The number of aromatic nitrogens is 1. The Bertz CT molecular complexity index is 732. The highest BCUT2D eigenvalue weighted by atomic mass is 127. The summed E-state index contributed by atoms with van der Waals surface area (Å²) < 4.78 is 11.6. The fourth-order valence-electron chi connectivity index (χ4n) is 3.20. The van der Waals surface area contributed by atoms with E-state index in [0.29, 0.717) is 19.0 Å². The van der Waals surface area contributed by atoms with Gasteiger partial charge in [-0.15, -0.1) is 24.0 Å². The average Bonchev–Trinajstić information content (AvgIpc) is 2.75. The van der Waals surface area contributed by atoms with Crippen LogP contribution < -0.4 is 14.8 Å². The molecular weight excluding hydrogens is 479 g/mol. The number of hydrogen-bond acceptors (Lipinski definition) is 4.